The summed E-state index contributed by atoms with van der Waals surface area (Å²) in [6.45, 7) is 1.91. The Balaban J connectivity index is 1.99. The third kappa shape index (κ3) is 4.78. The summed E-state index contributed by atoms with van der Waals surface area (Å²) < 4.78 is 0. The van der Waals surface area contributed by atoms with Crippen LogP contribution >= 0.6 is 0 Å². The summed E-state index contributed by atoms with van der Waals surface area (Å²) in [5, 5.41) is 0. The molecule has 1 fully saturated rings. The summed E-state index contributed by atoms with van der Waals surface area (Å²) >= 11 is 0. The van der Waals surface area contributed by atoms with Gasteiger partial charge in [-0.25, -0.2) is 0 Å². The van der Waals surface area contributed by atoms with Crippen molar-refractivity contribution in [1.29, 1.82) is 0 Å². The highest BCUT2D eigenvalue weighted by atomic mass is 14.2. The molecule has 0 aromatic carbocycles. The van der Waals surface area contributed by atoms with Gasteiger partial charge in [0.25, 0.3) is 0 Å². The van der Waals surface area contributed by atoms with Crippen LogP contribution in [-0.2, 0) is 0 Å². The van der Waals surface area contributed by atoms with E-state index in [-0.39, 0.29) is 0 Å². The van der Waals surface area contributed by atoms with Gasteiger partial charge in [-0.3, -0.25) is 0 Å². The van der Waals surface area contributed by atoms with Gasteiger partial charge in [0.15, 0.2) is 0 Å². The Morgan fingerprint density at radius 2 is 2.08 bits per heavy atom. The molecule has 0 N–H and O–H groups in total. The van der Waals surface area contributed by atoms with Gasteiger partial charge in [0.2, 0.25) is 0 Å². The van der Waals surface area contributed by atoms with Gasteiger partial charge in [-0.05, 0) is 38.5 Å². The Morgan fingerprint density at radius 3 is 2.77 bits per heavy atom. The molecule has 1 aliphatic rings. The van der Waals surface area contributed by atoms with Crippen LogP contribution in [0.15, 0.2) is 12.2 Å². The summed E-state index contributed by atoms with van der Waals surface area (Å²) in [6.07, 6.45) is 14.0. The van der Waals surface area contributed by atoms with Crippen LogP contribution in [-0.4, -0.2) is 0 Å². The second-order valence-corrected chi connectivity index (χ2v) is 3.79. The number of hydrogen-bond donors (Lipinski definition) is 0. The molecule has 0 unspecified atom stereocenters. The maximum absolute atomic E-state index is 3.09. The van der Waals surface area contributed by atoms with Crippen molar-refractivity contribution in [3.05, 3.63) is 12.2 Å². The quantitative estimate of drug-likeness (QED) is 0.346. The molecule has 0 heteroatoms. The zero-order chi connectivity index (χ0) is 9.36. The zero-order valence-electron chi connectivity index (χ0n) is 8.68. The lowest BCUT2D eigenvalue weighted by atomic mass is 10.1. The Morgan fingerprint density at radius 1 is 1.31 bits per heavy atom. The maximum Gasteiger partial charge on any atom is 0.00915 e. The molecule has 72 valence electrons. The van der Waals surface area contributed by atoms with Gasteiger partial charge >= 0.3 is 0 Å². The fraction of sp³-hybridized carbons (Fsp3) is 0.692. The molecule has 1 aliphatic carbocycles. The Bertz CT molecular complexity index is 196. The summed E-state index contributed by atoms with van der Waals surface area (Å²) in [4.78, 5) is 0. The molecule has 0 heterocycles. The highest BCUT2D eigenvalue weighted by Gasteiger charge is 2.10. The second-order valence-electron chi connectivity index (χ2n) is 3.79. The normalized spacial score (nSPS) is 17.6. The first-order valence-electron chi connectivity index (χ1n) is 5.49. The molecule has 0 nitrogen and oxygen atoms in total. The molecule has 0 bridgehead atoms. The van der Waals surface area contributed by atoms with E-state index < -0.39 is 0 Å². The van der Waals surface area contributed by atoms with Crippen molar-refractivity contribution in [2.24, 2.45) is 5.92 Å². The van der Waals surface area contributed by atoms with E-state index in [1.165, 1.54) is 38.5 Å². The molecule has 1 saturated carbocycles. The highest BCUT2D eigenvalue weighted by molar-refractivity contribution is 4.96. The Kier molecular flexibility index (Phi) is 5.41. The van der Waals surface area contributed by atoms with Crippen molar-refractivity contribution in [1.82, 2.24) is 0 Å². The maximum atomic E-state index is 3.09. The molecule has 0 spiro atoms. The van der Waals surface area contributed by atoms with Crippen LogP contribution in [0.4, 0.5) is 0 Å². The molecule has 0 amide bonds. The van der Waals surface area contributed by atoms with E-state index in [1.54, 1.807) is 0 Å². The van der Waals surface area contributed by atoms with Gasteiger partial charge in [0.05, 0.1) is 0 Å². The third-order valence-corrected chi connectivity index (χ3v) is 2.66. The summed E-state index contributed by atoms with van der Waals surface area (Å²) in [5.41, 5.74) is 0. The first kappa shape index (κ1) is 10.4. The first-order chi connectivity index (χ1) is 6.43. The first-order valence-corrected chi connectivity index (χ1v) is 5.49. The molecular formula is C13H20. The Labute approximate surface area is 82.4 Å². The van der Waals surface area contributed by atoms with Crippen molar-refractivity contribution in [3.63, 3.8) is 0 Å². The largest absolute Gasteiger partial charge is 0.107 e. The van der Waals surface area contributed by atoms with Gasteiger partial charge in [0.1, 0.15) is 0 Å². The van der Waals surface area contributed by atoms with Crippen molar-refractivity contribution < 1.29 is 0 Å². The molecular weight excluding hydrogens is 156 g/mol. The monoisotopic (exact) mass is 176 g/mol. The van der Waals surface area contributed by atoms with Crippen LogP contribution in [0.25, 0.3) is 0 Å². The van der Waals surface area contributed by atoms with Gasteiger partial charge in [0, 0.05) is 6.42 Å². The highest BCUT2D eigenvalue weighted by Crippen LogP contribution is 2.25. The molecule has 0 aromatic heterocycles. The van der Waals surface area contributed by atoms with Gasteiger partial charge in [-0.15, -0.1) is 11.8 Å². The molecule has 0 aromatic rings. The van der Waals surface area contributed by atoms with Crippen molar-refractivity contribution >= 4 is 0 Å². The summed E-state index contributed by atoms with van der Waals surface area (Å²) in [7, 11) is 0. The predicted octanol–water partition coefficient (Wildman–Crippen LogP) is 3.93. The minimum Gasteiger partial charge on any atom is -0.107 e. The van der Waals surface area contributed by atoms with Crippen molar-refractivity contribution in [3.8, 4) is 11.8 Å². The van der Waals surface area contributed by atoms with Crippen LogP contribution in [0.3, 0.4) is 0 Å². The second kappa shape index (κ2) is 6.78. The smallest absolute Gasteiger partial charge is 0.00915 e. The van der Waals surface area contributed by atoms with Crippen molar-refractivity contribution in [2.45, 2.75) is 51.9 Å². The van der Waals surface area contributed by atoms with E-state index in [4.69, 9.17) is 0 Å². The van der Waals surface area contributed by atoms with E-state index in [0.717, 1.165) is 12.3 Å². The van der Waals surface area contributed by atoms with E-state index in [0.29, 0.717) is 0 Å². The van der Waals surface area contributed by atoms with Crippen molar-refractivity contribution in [2.75, 3.05) is 0 Å². The predicted molar refractivity (Wildman–Crippen MR) is 58.4 cm³/mol. The average Bonchev–Trinajstić information content (AvgIpc) is 2.63. The topological polar surface area (TPSA) is 0 Å². The number of hydrogen-bond acceptors (Lipinski definition) is 0. The zero-order valence-corrected chi connectivity index (χ0v) is 8.68. The SMILES string of the molecule is CC#CCCC/C=C/C1CCCC1. The minimum absolute atomic E-state index is 0.900. The lowest BCUT2D eigenvalue weighted by Crippen LogP contribution is -1.84. The standard InChI is InChI=1S/C13H20/c1-2-3-4-5-6-7-10-13-11-8-9-12-13/h7,10,13H,4-6,8-9,11-12H2,1H3/b10-7+. The van der Waals surface area contributed by atoms with E-state index in [9.17, 15) is 0 Å². The fourth-order valence-electron chi connectivity index (χ4n) is 1.87. The summed E-state index contributed by atoms with van der Waals surface area (Å²) in [6, 6.07) is 0. The fourth-order valence-corrected chi connectivity index (χ4v) is 1.87. The average molecular weight is 176 g/mol. The molecule has 0 atom stereocenters. The molecule has 0 saturated heterocycles. The molecule has 13 heavy (non-hydrogen) atoms. The van der Waals surface area contributed by atoms with E-state index in [1.807, 2.05) is 6.92 Å². The molecule has 1 rings (SSSR count). The van der Waals surface area contributed by atoms with Crippen LogP contribution in [0.1, 0.15) is 51.9 Å². The van der Waals surface area contributed by atoms with Crippen LogP contribution in [0.2, 0.25) is 0 Å². The van der Waals surface area contributed by atoms with Crippen LogP contribution < -0.4 is 0 Å². The third-order valence-electron chi connectivity index (χ3n) is 2.66. The van der Waals surface area contributed by atoms with Crippen LogP contribution in [0, 0.1) is 17.8 Å². The van der Waals surface area contributed by atoms with Gasteiger partial charge in [-0.2, -0.15) is 0 Å². The lowest BCUT2D eigenvalue weighted by Gasteiger charge is -1.98. The number of unbranched alkanes of at least 4 members (excludes halogenated alkanes) is 2. The minimum atomic E-state index is 0.900. The number of rotatable bonds is 4. The number of allylic oxidation sites excluding steroid dienone is 2. The molecule has 0 radical (unpaired) electrons. The van der Waals surface area contributed by atoms with E-state index in [2.05, 4.69) is 24.0 Å². The van der Waals surface area contributed by atoms with Gasteiger partial charge in [-0.1, -0.05) is 25.0 Å². The molecule has 0 aliphatic heterocycles. The lowest BCUT2D eigenvalue weighted by molar-refractivity contribution is 0.681. The van der Waals surface area contributed by atoms with E-state index >= 15 is 0 Å². The van der Waals surface area contributed by atoms with Gasteiger partial charge < -0.3 is 0 Å². The Hall–Kier alpha value is -0.700. The summed E-state index contributed by atoms with van der Waals surface area (Å²) in [5.74, 6) is 6.92. The van der Waals surface area contributed by atoms with Crippen LogP contribution in [0.5, 0.6) is 0 Å².